The fourth-order valence-corrected chi connectivity index (χ4v) is 4.95. The van der Waals surface area contributed by atoms with Crippen LogP contribution in [0.1, 0.15) is 24.8 Å². The van der Waals surface area contributed by atoms with Crippen LogP contribution < -0.4 is 10.1 Å². The Morgan fingerprint density at radius 3 is 2.82 bits per heavy atom. The number of aromatic nitrogens is 3. The van der Waals surface area contributed by atoms with E-state index in [1.165, 1.54) is 0 Å². The number of nitrogens with zero attached hydrogens (tertiary/aromatic N) is 4. The number of likely N-dealkylation sites (tertiary alicyclic amines) is 1. The number of halogens is 1. The molecule has 1 amide bonds. The number of ether oxygens (including phenoxy) is 2. The van der Waals surface area contributed by atoms with Crippen LogP contribution in [0.25, 0.3) is 22.0 Å². The fourth-order valence-electron chi connectivity index (χ4n) is 4.76. The highest BCUT2D eigenvalue weighted by molar-refractivity contribution is 6.17. The number of pyridine rings is 1. The molecule has 0 aliphatic carbocycles. The summed E-state index contributed by atoms with van der Waals surface area (Å²) in [6.07, 6.45) is 5.88. The summed E-state index contributed by atoms with van der Waals surface area (Å²) >= 11 is 6.09. The Balaban J connectivity index is 1.35. The lowest BCUT2D eigenvalue weighted by Crippen LogP contribution is -2.38. The first-order chi connectivity index (χ1) is 16.7. The largest absolute Gasteiger partial charge is 0.481 e. The second kappa shape index (κ2) is 10.1. The van der Waals surface area contributed by atoms with Gasteiger partial charge in [-0.1, -0.05) is 6.07 Å². The maximum atomic E-state index is 12.9. The van der Waals surface area contributed by atoms with Gasteiger partial charge < -0.3 is 19.7 Å². The molecule has 9 heteroatoms. The van der Waals surface area contributed by atoms with Gasteiger partial charge in [-0.3, -0.25) is 4.79 Å². The zero-order valence-corrected chi connectivity index (χ0v) is 19.9. The van der Waals surface area contributed by atoms with Gasteiger partial charge in [-0.2, -0.15) is 0 Å². The van der Waals surface area contributed by atoms with Crippen LogP contribution in [0.4, 0.5) is 5.82 Å². The van der Waals surface area contributed by atoms with Gasteiger partial charge in [0.15, 0.2) is 0 Å². The number of hydrogen-bond acceptors (Lipinski definition) is 7. The van der Waals surface area contributed by atoms with Gasteiger partial charge in [0, 0.05) is 61.0 Å². The van der Waals surface area contributed by atoms with E-state index in [4.69, 9.17) is 21.1 Å². The van der Waals surface area contributed by atoms with Gasteiger partial charge >= 0.3 is 0 Å². The molecule has 2 fully saturated rings. The molecule has 1 aromatic carbocycles. The molecule has 2 aliphatic rings. The molecule has 34 heavy (non-hydrogen) atoms. The normalized spacial score (nSPS) is 18.9. The first kappa shape index (κ1) is 22.8. The Bertz CT molecular complexity index is 1180. The molecule has 1 N–H and O–H groups in total. The second-order valence-electron chi connectivity index (χ2n) is 8.78. The third-order valence-electron chi connectivity index (χ3n) is 6.64. The van der Waals surface area contributed by atoms with Gasteiger partial charge in [0.25, 0.3) is 0 Å². The van der Waals surface area contributed by atoms with Crippen molar-refractivity contribution >= 4 is 34.2 Å². The monoisotopic (exact) mass is 481 g/mol. The van der Waals surface area contributed by atoms with E-state index in [2.05, 4.69) is 26.3 Å². The van der Waals surface area contributed by atoms with Crippen molar-refractivity contribution in [1.29, 1.82) is 0 Å². The van der Waals surface area contributed by atoms with Gasteiger partial charge in [0.2, 0.25) is 11.8 Å². The molecule has 2 aromatic heterocycles. The van der Waals surface area contributed by atoms with Crippen LogP contribution in [0.3, 0.4) is 0 Å². The molecule has 178 valence electrons. The molecule has 0 spiro atoms. The van der Waals surface area contributed by atoms with Crippen LogP contribution in [-0.4, -0.2) is 65.2 Å². The molecule has 8 nitrogen and oxygen atoms in total. The number of methoxy groups -OCH3 is 1. The summed E-state index contributed by atoms with van der Waals surface area (Å²) in [5, 5.41) is 4.49. The van der Waals surface area contributed by atoms with Crippen molar-refractivity contribution in [2.45, 2.75) is 31.2 Å². The van der Waals surface area contributed by atoms with Crippen molar-refractivity contribution in [3.63, 3.8) is 0 Å². The Morgan fingerprint density at radius 2 is 2.03 bits per heavy atom. The third kappa shape index (κ3) is 4.65. The Labute approximate surface area is 203 Å². The lowest BCUT2D eigenvalue weighted by atomic mass is 9.99. The number of carbonyl (C=O) groups is 1. The topological polar surface area (TPSA) is 89.5 Å². The Kier molecular flexibility index (Phi) is 6.78. The number of hydrogen-bond donors (Lipinski definition) is 1. The van der Waals surface area contributed by atoms with E-state index in [0.29, 0.717) is 31.5 Å². The number of fused-ring (bicyclic) bond motifs is 1. The summed E-state index contributed by atoms with van der Waals surface area (Å²) in [5.41, 5.74) is 3.63. The Morgan fingerprint density at radius 1 is 1.18 bits per heavy atom. The zero-order chi connectivity index (χ0) is 23.5. The smallest absolute Gasteiger partial charge is 0.225 e. The van der Waals surface area contributed by atoms with Crippen LogP contribution in [0, 0.1) is 5.92 Å². The molecule has 3 aromatic rings. The summed E-state index contributed by atoms with van der Waals surface area (Å²) in [5.74, 6) is 1.97. The molecule has 1 atom stereocenters. The maximum absolute atomic E-state index is 12.9. The van der Waals surface area contributed by atoms with E-state index in [9.17, 15) is 4.79 Å². The second-order valence-corrected chi connectivity index (χ2v) is 9.05. The summed E-state index contributed by atoms with van der Waals surface area (Å²) in [6, 6.07) is 8.21. The molecular formula is C25H28ClN5O3. The first-order valence-corrected chi connectivity index (χ1v) is 12.2. The van der Waals surface area contributed by atoms with Crippen LogP contribution in [0.15, 0.2) is 36.8 Å². The minimum atomic E-state index is 0.0888. The van der Waals surface area contributed by atoms with Gasteiger partial charge in [0.05, 0.1) is 18.5 Å². The van der Waals surface area contributed by atoms with E-state index in [-0.39, 0.29) is 17.9 Å². The lowest BCUT2D eigenvalue weighted by Gasteiger charge is -2.26. The Hall–Kier alpha value is -2.97. The summed E-state index contributed by atoms with van der Waals surface area (Å²) < 4.78 is 10.7. The number of amides is 1. The summed E-state index contributed by atoms with van der Waals surface area (Å²) in [6.45, 7) is 2.80. The van der Waals surface area contributed by atoms with Crippen LogP contribution in [-0.2, 0) is 15.4 Å². The van der Waals surface area contributed by atoms with E-state index in [0.717, 1.165) is 59.2 Å². The van der Waals surface area contributed by atoms with Crippen LogP contribution in [0.5, 0.6) is 5.88 Å². The molecule has 0 bridgehead atoms. The van der Waals surface area contributed by atoms with E-state index < -0.39 is 0 Å². The lowest BCUT2D eigenvalue weighted by molar-refractivity contribution is -0.137. The average molecular weight is 482 g/mol. The highest BCUT2D eigenvalue weighted by atomic mass is 35.5. The number of anilines is 1. The van der Waals surface area contributed by atoms with Gasteiger partial charge in [-0.15, -0.1) is 11.6 Å². The highest BCUT2D eigenvalue weighted by Gasteiger charge is 2.32. The quantitative estimate of drug-likeness (QED) is 0.534. The van der Waals surface area contributed by atoms with Gasteiger partial charge in [0.1, 0.15) is 12.1 Å². The van der Waals surface area contributed by atoms with Crippen LogP contribution >= 0.6 is 11.6 Å². The first-order valence-electron chi connectivity index (χ1n) is 11.6. The van der Waals surface area contributed by atoms with Crippen molar-refractivity contribution < 1.29 is 14.3 Å². The molecule has 0 unspecified atom stereocenters. The maximum Gasteiger partial charge on any atom is 0.225 e. The van der Waals surface area contributed by atoms with E-state index >= 15 is 0 Å². The molecule has 2 saturated heterocycles. The van der Waals surface area contributed by atoms with Crippen molar-refractivity contribution in [3.05, 3.63) is 42.4 Å². The highest BCUT2D eigenvalue weighted by Crippen LogP contribution is 2.30. The molecule has 2 aliphatic heterocycles. The molecule has 4 heterocycles. The minimum Gasteiger partial charge on any atom is -0.481 e. The number of nitrogens with one attached hydrogen (secondary N) is 1. The van der Waals surface area contributed by atoms with Crippen molar-refractivity contribution in [2.24, 2.45) is 5.92 Å². The molecular weight excluding hydrogens is 454 g/mol. The van der Waals surface area contributed by atoms with E-state index in [1.807, 2.05) is 23.1 Å². The molecule has 0 radical (unpaired) electrons. The zero-order valence-electron chi connectivity index (χ0n) is 19.2. The predicted octanol–water partition coefficient (Wildman–Crippen LogP) is 3.88. The standard InChI is InChI=1S/C25H28ClN5O3/c1-33-24-18(12-26)10-19(13-27-24)17-2-3-22-21(11-17)23(29-15-28-22)30-20-4-7-31(14-20)25(32)16-5-8-34-9-6-16/h2-3,10-11,13,15-16,20H,4-9,12,14H2,1H3,(H,28,29,30)/t20-/m0/s1. The van der Waals surface area contributed by atoms with E-state index in [1.54, 1.807) is 19.6 Å². The molecule has 5 rings (SSSR count). The number of rotatable bonds is 6. The van der Waals surface area contributed by atoms with Crippen LogP contribution in [0.2, 0.25) is 0 Å². The number of benzene rings is 1. The van der Waals surface area contributed by atoms with Crippen molar-refractivity contribution in [3.8, 4) is 17.0 Å². The minimum absolute atomic E-state index is 0.0888. The van der Waals surface area contributed by atoms with Gasteiger partial charge in [-0.25, -0.2) is 15.0 Å². The van der Waals surface area contributed by atoms with Crippen molar-refractivity contribution in [1.82, 2.24) is 19.9 Å². The average Bonchev–Trinajstić information content (AvgIpc) is 3.36. The summed E-state index contributed by atoms with van der Waals surface area (Å²) in [7, 11) is 1.59. The van der Waals surface area contributed by atoms with Gasteiger partial charge in [-0.05, 0) is 43.0 Å². The SMILES string of the molecule is COc1ncc(-c2ccc3ncnc(N[C@H]4CCN(C(=O)C5CCOCC5)C4)c3c2)cc1CCl. The number of alkyl halides is 1. The predicted molar refractivity (Wildman–Crippen MR) is 131 cm³/mol. The molecule has 0 saturated carbocycles. The third-order valence-corrected chi connectivity index (χ3v) is 6.93. The fraction of sp³-hybridized carbons (Fsp3) is 0.440. The van der Waals surface area contributed by atoms with Crippen molar-refractivity contribution in [2.75, 3.05) is 38.7 Å². The number of carbonyl (C=O) groups excluding carboxylic acids is 1. The summed E-state index contributed by atoms with van der Waals surface area (Å²) in [4.78, 5) is 28.2.